The second-order valence-corrected chi connectivity index (χ2v) is 7.61. The summed E-state index contributed by atoms with van der Waals surface area (Å²) in [7, 11) is 0. The molecule has 6 heterocycles. The minimum absolute atomic E-state index is 0.520. The van der Waals surface area contributed by atoms with E-state index in [0.717, 1.165) is 35.2 Å². The summed E-state index contributed by atoms with van der Waals surface area (Å²) in [5.41, 5.74) is 3.26. The first kappa shape index (κ1) is 14.1. The fourth-order valence-electron chi connectivity index (χ4n) is 3.82. The lowest BCUT2D eigenvalue weighted by Gasteiger charge is -2.56. The van der Waals surface area contributed by atoms with Gasteiger partial charge in [0.1, 0.15) is 17.7 Å². The fourth-order valence-corrected chi connectivity index (χ4v) is 4.89. The number of aryl methyl sites for hydroxylation is 1. The van der Waals surface area contributed by atoms with Crippen LogP contribution >= 0.6 is 11.3 Å². The van der Waals surface area contributed by atoms with Crippen molar-refractivity contribution in [2.45, 2.75) is 32.4 Å². The van der Waals surface area contributed by atoms with Gasteiger partial charge in [0.25, 0.3) is 0 Å². The molecule has 2 unspecified atom stereocenters. The number of hydrogen-bond donors (Lipinski definition) is 0. The molecule has 0 N–H and O–H groups in total. The van der Waals surface area contributed by atoms with Gasteiger partial charge in [0, 0.05) is 30.5 Å². The van der Waals surface area contributed by atoms with Gasteiger partial charge in [-0.25, -0.2) is 15.0 Å². The molecular weight excluding hydrogens is 320 g/mol. The molecule has 6 rings (SSSR count). The van der Waals surface area contributed by atoms with Gasteiger partial charge in [-0.15, -0.1) is 0 Å². The van der Waals surface area contributed by atoms with Crippen molar-refractivity contribution in [3.63, 3.8) is 0 Å². The van der Waals surface area contributed by atoms with Gasteiger partial charge in [0.2, 0.25) is 0 Å². The third-order valence-electron chi connectivity index (χ3n) is 5.20. The lowest BCUT2D eigenvalue weighted by molar-refractivity contribution is 0.290. The van der Waals surface area contributed by atoms with Gasteiger partial charge in [0.05, 0.1) is 23.0 Å². The summed E-state index contributed by atoms with van der Waals surface area (Å²) in [6, 6.07) is 3.09. The first-order valence-corrected chi connectivity index (χ1v) is 9.04. The number of thiazole rings is 1. The summed E-state index contributed by atoms with van der Waals surface area (Å²) < 4.78 is 1.21. The molecule has 122 valence electrons. The van der Waals surface area contributed by atoms with Crippen molar-refractivity contribution >= 4 is 32.5 Å². The van der Waals surface area contributed by atoms with E-state index in [-0.39, 0.29) is 0 Å². The number of piperazine rings is 1. The third-order valence-corrected chi connectivity index (χ3v) is 6.25. The Bertz CT molecular complexity index is 877. The van der Waals surface area contributed by atoms with Gasteiger partial charge < -0.3 is 9.80 Å². The summed E-state index contributed by atoms with van der Waals surface area (Å²) in [5.74, 6) is 1.09. The zero-order valence-electron chi connectivity index (χ0n) is 13.7. The number of piperidine rings is 1. The second-order valence-electron chi connectivity index (χ2n) is 6.60. The van der Waals surface area contributed by atoms with E-state index >= 15 is 0 Å². The molecule has 3 aromatic rings. The van der Waals surface area contributed by atoms with Crippen molar-refractivity contribution < 1.29 is 0 Å². The number of aromatic nitrogens is 4. The highest BCUT2D eigenvalue weighted by Crippen LogP contribution is 2.41. The number of nitrogens with zero attached hydrogens (tertiary/aromatic N) is 6. The molecule has 6 nitrogen and oxygen atoms in total. The number of anilines is 2. The highest BCUT2D eigenvalue weighted by atomic mass is 32.1. The average molecular weight is 338 g/mol. The van der Waals surface area contributed by atoms with Gasteiger partial charge in [-0.2, -0.15) is 0 Å². The Morgan fingerprint density at radius 3 is 2.79 bits per heavy atom. The first-order valence-electron chi connectivity index (χ1n) is 8.23. The molecule has 3 aromatic heterocycles. The third kappa shape index (κ3) is 2.00. The van der Waals surface area contributed by atoms with Crippen molar-refractivity contribution in [1.29, 1.82) is 0 Å². The van der Waals surface area contributed by atoms with Crippen LogP contribution in [0, 0.1) is 13.8 Å². The van der Waals surface area contributed by atoms with E-state index in [4.69, 9.17) is 4.98 Å². The molecule has 3 aliphatic rings. The fraction of sp³-hybridized carbons (Fsp3) is 0.412. The van der Waals surface area contributed by atoms with Crippen LogP contribution in [0.1, 0.15) is 17.7 Å². The molecule has 0 spiro atoms. The molecule has 3 saturated heterocycles. The molecular formula is C17H18N6S. The van der Waals surface area contributed by atoms with Crippen LogP contribution in [0.15, 0.2) is 24.8 Å². The van der Waals surface area contributed by atoms with Crippen molar-refractivity contribution in [2.75, 3.05) is 22.9 Å². The molecule has 7 heteroatoms. The molecule has 3 fully saturated rings. The average Bonchev–Trinajstić information content (AvgIpc) is 3.00. The smallest absolute Gasteiger partial charge is 0.187 e. The first-order chi connectivity index (χ1) is 11.7. The van der Waals surface area contributed by atoms with Gasteiger partial charge in [-0.05, 0) is 26.3 Å². The topological polar surface area (TPSA) is 58.0 Å². The summed E-state index contributed by atoms with van der Waals surface area (Å²) >= 11 is 1.77. The lowest BCUT2D eigenvalue weighted by atomic mass is 9.88. The maximum absolute atomic E-state index is 4.78. The Hall–Kier alpha value is -2.28. The minimum atomic E-state index is 0.520. The van der Waals surface area contributed by atoms with Crippen LogP contribution in [0.5, 0.6) is 0 Å². The molecule has 0 saturated carbocycles. The Labute approximate surface area is 144 Å². The maximum Gasteiger partial charge on any atom is 0.187 e. The summed E-state index contributed by atoms with van der Waals surface area (Å²) in [6.07, 6.45) is 6.61. The highest BCUT2D eigenvalue weighted by molar-refractivity contribution is 7.22. The lowest BCUT2D eigenvalue weighted by Crippen LogP contribution is -2.69. The number of fused-ring (bicyclic) bond motifs is 3. The van der Waals surface area contributed by atoms with Gasteiger partial charge >= 0.3 is 0 Å². The Balaban J connectivity index is 1.42. The second kappa shape index (κ2) is 5.11. The summed E-state index contributed by atoms with van der Waals surface area (Å²) in [4.78, 5) is 22.7. The van der Waals surface area contributed by atoms with Crippen molar-refractivity contribution in [2.24, 2.45) is 0 Å². The van der Waals surface area contributed by atoms with E-state index in [1.807, 2.05) is 25.4 Å². The van der Waals surface area contributed by atoms with Crippen molar-refractivity contribution in [1.82, 2.24) is 19.9 Å². The molecule has 0 aliphatic carbocycles. The Morgan fingerprint density at radius 1 is 1.17 bits per heavy atom. The molecule has 0 aromatic carbocycles. The normalized spacial score (nSPS) is 22.8. The molecule has 2 atom stereocenters. The zero-order chi connectivity index (χ0) is 16.3. The predicted octanol–water partition coefficient (Wildman–Crippen LogP) is 2.57. The standard InChI is InChI=1S/C17H18N6S/c1-10-11(2)19-9-20-16(10)22-7-12-5-13(8-22)23(12)17-21-14-6-18-4-3-15(14)24-17/h3-4,6,9,12-13H,5,7-8H2,1-2H3. The highest BCUT2D eigenvalue weighted by Gasteiger charge is 2.46. The van der Waals surface area contributed by atoms with Crippen LogP contribution in [0.25, 0.3) is 10.2 Å². The van der Waals surface area contributed by atoms with Crippen LogP contribution in [-0.4, -0.2) is 45.1 Å². The number of hydrogen-bond acceptors (Lipinski definition) is 7. The van der Waals surface area contributed by atoms with Gasteiger partial charge in [-0.1, -0.05) is 11.3 Å². The summed E-state index contributed by atoms with van der Waals surface area (Å²) in [5, 5.41) is 1.13. The van der Waals surface area contributed by atoms with E-state index in [2.05, 4.69) is 31.7 Å². The molecule has 3 aliphatic heterocycles. The van der Waals surface area contributed by atoms with E-state index in [1.165, 1.54) is 16.7 Å². The predicted molar refractivity (Wildman–Crippen MR) is 95.8 cm³/mol. The monoisotopic (exact) mass is 338 g/mol. The van der Waals surface area contributed by atoms with E-state index in [0.29, 0.717) is 12.1 Å². The quantitative estimate of drug-likeness (QED) is 0.716. The van der Waals surface area contributed by atoms with Crippen LogP contribution < -0.4 is 9.80 Å². The number of rotatable bonds is 2. The van der Waals surface area contributed by atoms with Gasteiger partial charge in [-0.3, -0.25) is 4.98 Å². The molecule has 24 heavy (non-hydrogen) atoms. The molecule has 0 amide bonds. The van der Waals surface area contributed by atoms with Crippen LogP contribution in [0.3, 0.4) is 0 Å². The van der Waals surface area contributed by atoms with Gasteiger partial charge in [0.15, 0.2) is 5.13 Å². The zero-order valence-corrected chi connectivity index (χ0v) is 14.5. The maximum atomic E-state index is 4.78. The van der Waals surface area contributed by atoms with E-state index < -0.39 is 0 Å². The van der Waals surface area contributed by atoms with E-state index in [1.54, 1.807) is 17.7 Å². The largest absolute Gasteiger partial charge is 0.352 e. The molecule has 2 bridgehead atoms. The number of pyridine rings is 1. The van der Waals surface area contributed by atoms with E-state index in [9.17, 15) is 0 Å². The van der Waals surface area contributed by atoms with Crippen molar-refractivity contribution in [3.8, 4) is 0 Å². The minimum Gasteiger partial charge on any atom is -0.352 e. The Morgan fingerprint density at radius 2 is 2.00 bits per heavy atom. The summed E-state index contributed by atoms with van der Waals surface area (Å²) in [6.45, 7) is 6.17. The van der Waals surface area contributed by atoms with Crippen LogP contribution in [0.2, 0.25) is 0 Å². The van der Waals surface area contributed by atoms with Crippen LogP contribution in [0.4, 0.5) is 10.9 Å². The molecule has 0 radical (unpaired) electrons. The van der Waals surface area contributed by atoms with Crippen molar-refractivity contribution in [3.05, 3.63) is 36.0 Å². The SMILES string of the molecule is Cc1ncnc(N2CC3CC(C2)N3c2nc3cnccc3s2)c1C. The van der Waals surface area contributed by atoms with Crippen LogP contribution in [-0.2, 0) is 0 Å². The Kier molecular flexibility index (Phi) is 3.00.